The molecule has 0 radical (unpaired) electrons. The van der Waals surface area contributed by atoms with Gasteiger partial charge in [0.25, 0.3) is 5.91 Å². The second-order valence-corrected chi connectivity index (χ2v) is 4.22. The van der Waals surface area contributed by atoms with Crippen LogP contribution in [0.5, 0.6) is 0 Å². The number of hydrogen-bond acceptors (Lipinski definition) is 2. The van der Waals surface area contributed by atoms with Gasteiger partial charge in [-0.25, -0.2) is 0 Å². The van der Waals surface area contributed by atoms with Crippen molar-refractivity contribution < 1.29 is 9.59 Å². The van der Waals surface area contributed by atoms with Crippen LogP contribution in [-0.2, 0) is 4.79 Å². The Kier molecular flexibility index (Phi) is 4.69. The van der Waals surface area contributed by atoms with Crippen LogP contribution in [-0.4, -0.2) is 23.9 Å². The van der Waals surface area contributed by atoms with Crippen LogP contribution in [0.4, 0.5) is 0 Å². The molecule has 0 spiro atoms. The topological polar surface area (TPSA) is 58.2 Å². The van der Waals surface area contributed by atoms with Gasteiger partial charge in [0.05, 0.1) is 0 Å². The Morgan fingerprint density at radius 2 is 1.59 bits per heavy atom. The molecule has 0 unspecified atom stereocenters. The standard InChI is InChI=1S/C13H18N2O2/c1-9(2)14-12(16)10(3)15-13(17)11-7-5-4-6-8-11/h4-10H,1-3H3,(H,14,16)(H,15,17)/t10-/m1/s1. The Morgan fingerprint density at radius 3 is 2.12 bits per heavy atom. The first kappa shape index (κ1) is 13.2. The van der Waals surface area contributed by atoms with Crippen molar-refractivity contribution >= 4 is 11.8 Å². The molecule has 0 aromatic heterocycles. The quantitative estimate of drug-likeness (QED) is 0.825. The first-order valence-electron chi connectivity index (χ1n) is 5.67. The van der Waals surface area contributed by atoms with Crippen LogP contribution >= 0.6 is 0 Å². The summed E-state index contributed by atoms with van der Waals surface area (Å²) in [6, 6.07) is 8.36. The van der Waals surface area contributed by atoms with Crippen molar-refractivity contribution in [1.82, 2.24) is 10.6 Å². The third kappa shape index (κ3) is 4.26. The largest absolute Gasteiger partial charge is 0.352 e. The van der Waals surface area contributed by atoms with E-state index in [9.17, 15) is 9.59 Å². The maximum atomic E-state index is 11.8. The normalized spacial score (nSPS) is 12.0. The van der Waals surface area contributed by atoms with Gasteiger partial charge in [-0.2, -0.15) is 0 Å². The molecule has 17 heavy (non-hydrogen) atoms. The van der Waals surface area contributed by atoms with Gasteiger partial charge >= 0.3 is 0 Å². The number of carbonyl (C=O) groups excluding carboxylic acids is 2. The van der Waals surface area contributed by atoms with Gasteiger partial charge in [-0.3, -0.25) is 9.59 Å². The molecule has 4 nitrogen and oxygen atoms in total. The molecule has 92 valence electrons. The van der Waals surface area contributed by atoms with E-state index in [4.69, 9.17) is 0 Å². The Labute approximate surface area is 101 Å². The molecular weight excluding hydrogens is 216 g/mol. The molecule has 2 N–H and O–H groups in total. The van der Waals surface area contributed by atoms with Crippen LogP contribution in [0.25, 0.3) is 0 Å². The summed E-state index contributed by atoms with van der Waals surface area (Å²) < 4.78 is 0. The van der Waals surface area contributed by atoms with E-state index >= 15 is 0 Å². The summed E-state index contributed by atoms with van der Waals surface area (Å²) >= 11 is 0. The van der Waals surface area contributed by atoms with E-state index in [2.05, 4.69) is 10.6 Å². The first-order valence-corrected chi connectivity index (χ1v) is 5.67. The van der Waals surface area contributed by atoms with Crippen molar-refractivity contribution in [3.05, 3.63) is 35.9 Å². The van der Waals surface area contributed by atoms with E-state index in [1.165, 1.54) is 0 Å². The fourth-order valence-corrected chi connectivity index (χ4v) is 1.34. The zero-order valence-electron chi connectivity index (χ0n) is 10.4. The van der Waals surface area contributed by atoms with Gasteiger partial charge in [-0.15, -0.1) is 0 Å². The summed E-state index contributed by atoms with van der Waals surface area (Å²) in [6.07, 6.45) is 0. The van der Waals surface area contributed by atoms with Gasteiger partial charge in [0.2, 0.25) is 5.91 Å². The van der Waals surface area contributed by atoms with Gasteiger partial charge in [-0.1, -0.05) is 18.2 Å². The minimum atomic E-state index is -0.537. The van der Waals surface area contributed by atoms with Crippen molar-refractivity contribution in [2.24, 2.45) is 0 Å². The molecule has 0 aliphatic rings. The predicted octanol–water partition coefficient (Wildman–Crippen LogP) is 1.33. The lowest BCUT2D eigenvalue weighted by Crippen LogP contribution is -2.46. The molecule has 1 rings (SSSR count). The molecular formula is C13H18N2O2. The van der Waals surface area contributed by atoms with E-state index in [1.54, 1.807) is 31.2 Å². The number of amides is 2. The lowest BCUT2D eigenvalue weighted by Gasteiger charge is -2.15. The number of hydrogen-bond donors (Lipinski definition) is 2. The molecule has 0 saturated heterocycles. The Balaban J connectivity index is 2.55. The first-order chi connectivity index (χ1) is 8.00. The number of carbonyl (C=O) groups is 2. The minimum Gasteiger partial charge on any atom is -0.352 e. The predicted molar refractivity (Wildman–Crippen MR) is 66.6 cm³/mol. The van der Waals surface area contributed by atoms with Crippen molar-refractivity contribution in [1.29, 1.82) is 0 Å². The molecule has 0 bridgehead atoms. The van der Waals surface area contributed by atoms with E-state index in [0.717, 1.165) is 0 Å². The van der Waals surface area contributed by atoms with E-state index < -0.39 is 6.04 Å². The molecule has 1 aromatic rings. The summed E-state index contributed by atoms with van der Waals surface area (Å²) in [4.78, 5) is 23.3. The maximum absolute atomic E-state index is 11.8. The SMILES string of the molecule is CC(C)NC(=O)[C@@H](C)NC(=O)c1ccccc1. The van der Waals surface area contributed by atoms with Crippen LogP contribution in [0.15, 0.2) is 30.3 Å². The number of rotatable bonds is 4. The number of nitrogens with one attached hydrogen (secondary N) is 2. The molecule has 0 saturated carbocycles. The zero-order valence-corrected chi connectivity index (χ0v) is 10.4. The molecule has 4 heteroatoms. The lowest BCUT2D eigenvalue weighted by molar-refractivity contribution is -0.123. The molecule has 0 aliphatic carbocycles. The summed E-state index contributed by atoms with van der Waals surface area (Å²) in [7, 11) is 0. The highest BCUT2D eigenvalue weighted by Crippen LogP contribution is 1.98. The summed E-state index contributed by atoms with van der Waals surface area (Å²) in [6.45, 7) is 5.42. The van der Waals surface area contributed by atoms with Gasteiger partial charge in [0.15, 0.2) is 0 Å². The van der Waals surface area contributed by atoms with Crippen molar-refractivity contribution in [3.8, 4) is 0 Å². The Bertz CT molecular complexity index is 388. The fourth-order valence-electron chi connectivity index (χ4n) is 1.34. The van der Waals surface area contributed by atoms with E-state index in [1.807, 2.05) is 19.9 Å². The van der Waals surface area contributed by atoms with Crippen LogP contribution in [0.3, 0.4) is 0 Å². The van der Waals surface area contributed by atoms with Crippen molar-refractivity contribution in [2.45, 2.75) is 32.9 Å². The monoisotopic (exact) mass is 234 g/mol. The van der Waals surface area contributed by atoms with Crippen LogP contribution in [0.2, 0.25) is 0 Å². The zero-order chi connectivity index (χ0) is 12.8. The van der Waals surface area contributed by atoms with Crippen LogP contribution in [0.1, 0.15) is 31.1 Å². The Hall–Kier alpha value is -1.84. The highest BCUT2D eigenvalue weighted by atomic mass is 16.2. The van der Waals surface area contributed by atoms with E-state index in [-0.39, 0.29) is 17.9 Å². The van der Waals surface area contributed by atoms with Crippen LogP contribution < -0.4 is 10.6 Å². The van der Waals surface area contributed by atoms with Gasteiger partial charge < -0.3 is 10.6 Å². The molecule has 1 atom stereocenters. The smallest absolute Gasteiger partial charge is 0.251 e. The second kappa shape index (κ2) is 6.03. The van der Waals surface area contributed by atoms with Crippen molar-refractivity contribution in [3.63, 3.8) is 0 Å². The summed E-state index contributed by atoms with van der Waals surface area (Å²) in [5.41, 5.74) is 0.552. The lowest BCUT2D eigenvalue weighted by atomic mass is 10.2. The van der Waals surface area contributed by atoms with Crippen molar-refractivity contribution in [2.75, 3.05) is 0 Å². The fraction of sp³-hybridized carbons (Fsp3) is 0.385. The van der Waals surface area contributed by atoms with Crippen LogP contribution in [0, 0.1) is 0 Å². The molecule has 0 fully saturated rings. The third-order valence-corrected chi connectivity index (χ3v) is 2.21. The Morgan fingerprint density at radius 1 is 1.00 bits per heavy atom. The summed E-state index contributed by atoms with van der Waals surface area (Å²) in [5.74, 6) is -0.415. The highest BCUT2D eigenvalue weighted by Gasteiger charge is 2.16. The molecule has 1 aromatic carbocycles. The average molecular weight is 234 g/mol. The van der Waals surface area contributed by atoms with Gasteiger partial charge in [0.1, 0.15) is 6.04 Å². The molecule has 0 heterocycles. The summed E-state index contributed by atoms with van der Waals surface area (Å²) in [5, 5.41) is 5.40. The second-order valence-electron chi connectivity index (χ2n) is 4.22. The molecule has 0 aliphatic heterocycles. The molecule has 2 amide bonds. The van der Waals surface area contributed by atoms with Gasteiger partial charge in [0, 0.05) is 11.6 Å². The van der Waals surface area contributed by atoms with E-state index in [0.29, 0.717) is 5.56 Å². The maximum Gasteiger partial charge on any atom is 0.251 e. The average Bonchev–Trinajstić information content (AvgIpc) is 2.29. The van der Waals surface area contributed by atoms with Gasteiger partial charge in [-0.05, 0) is 32.9 Å². The minimum absolute atomic E-state index is 0.0681. The third-order valence-electron chi connectivity index (χ3n) is 2.21. The highest BCUT2D eigenvalue weighted by molar-refractivity contribution is 5.97. The number of benzene rings is 1.